The van der Waals surface area contributed by atoms with E-state index in [1.807, 2.05) is 43.3 Å². The Balaban J connectivity index is 1.38. The molecule has 1 aromatic heterocycles. The van der Waals surface area contributed by atoms with E-state index in [9.17, 15) is 4.39 Å². The topological polar surface area (TPSA) is 84.1 Å². The van der Waals surface area contributed by atoms with E-state index in [4.69, 9.17) is 4.74 Å². The summed E-state index contributed by atoms with van der Waals surface area (Å²) in [6.45, 7) is 2.19. The Bertz CT molecular complexity index is 1040. The second-order valence-electron chi connectivity index (χ2n) is 6.63. The van der Waals surface area contributed by atoms with Crippen molar-refractivity contribution in [2.45, 2.75) is 18.9 Å². The van der Waals surface area contributed by atoms with Crippen molar-refractivity contribution in [3.8, 4) is 0 Å². The fourth-order valence-electron chi connectivity index (χ4n) is 2.92. The summed E-state index contributed by atoms with van der Waals surface area (Å²) >= 11 is 0. The van der Waals surface area contributed by atoms with Crippen molar-refractivity contribution >= 4 is 17.5 Å². The van der Waals surface area contributed by atoms with Gasteiger partial charge in [-0.2, -0.15) is 0 Å². The smallest absolute Gasteiger partial charge is 0.245 e. The van der Waals surface area contributed by atoms with Gasteiger partial charge in [0, 0.05) is 24.0 Å². The molecule has 0 spiro atoms. The van der Waals surface area contributed by atoms with Gasteiger partial charge in [-0.05, 0) is 48.0 Å². The highest BCUT2D eigenvalue weighted by Crippen LogP contribution is 2.32. The van der Waals surface area contributed by atoms with Crippen LogP contribution in [0.3, 0.4) is 0 Å². The van der Waals surface area contributed by atoms with Gasteiger partial charge in [0.1, 0.15) is 5.82 Å². The van der Waals surface area contributed by atoms with Gasteiger partial charge in [-0.3, -0.25) is 0 Å². The lowest BCUT2D eigenvalue weighted by molar-refractivity contribution is 0.281. The van der Waals surface area contributed by atoms with E-state index in [-0.39, 0.29) is 5.82 Å². The highest BCUT2D eigenvalue weighted by molar-refractivity contribution is 5.88. The van der Waals surface area contributed by atoms with Gasteiger partial charge in [-0.25, -0.2) is 14.4 Å². The van der Waals surface area contributed by atoms with Crippen molar-refractivity contribution < 1.29 is 9.13 Å². The maximum Gasteiger partial charge on any atom is 0.245 e. The zero-order valence-electron chi connectivity index (χ0n) is 15.8. The van der Waals surface area contributed by atoms with Crippen molar-refractivity contribution in [3.05, 3.63) is 83.9 Å². The minimum Gasteiger partial charge on any atom is -0.477 e. The largest absolute Gasteiger partial charge is 0.477 e. The van der Waals surface area contributed by atoms with Crippen LogP contribution in [0.15, 0.2) is 82.3 Å². The second kappa shape index (κ2) is 8.14. The number of hydrogen-bond donors (Lipinski definition) is 1. The molecule has 1 unspecified atom stereocenters. The standard InChI is InChI=1S/C21H19FN6O/c1-21(15-7-9-16(22)10-8-15)19(26-28-27-21)29-14-12-18-11-13-23-20(25-18)24-17-5-3-2-4-6-17/h2-11,13H,12,14H2,1H3,(H,23,24,25). The lowest BCUT2D eigenvalue weighted by Crippen LogP contribution is -2.30. The van der Waals surface area contributed by atoms with Crippen LogP contribution >= 0.6 is 0 Å². The Morgan fingerprint density at radius 2 is 1.83 bits per heavy atom. The van der Waals surface area contributed by atoms with Crippen molar-refractivity contribution in [2.24, 2.45) is 15.4 Å². The second-order valence-corrected chi connectivity index (χ2v) is 6.63. The first-order chi connectivity index (χ1) is 14.1. The van der Waals surface area contributed by atoms with Crippen LogP contribution in [0.5, 0.6) is 0 Å². The monoisotopic (exact) mass is 390 g/mol. The summed E-state index contributed by atoms with van der Waals surface area (Å²) in [5.41, 5.74) is 1.64. The molecule has 0 radical (unpaired) electrons. The summed E-state index contributed by atoms with van der Waals surface area (Å²) in [6.07, 6.45) is 2.26. The molecule has 29 heavy (non-hydrogen) atoms. The molecule has 1 atom stereocenters. The lowest BCUT2D eigenvalue weighted by atomic mass is 9.93. The molecule has 2 heterocycles. The van der Waals surface area contributed by atoms with Gasteiger partial charge in [0.25, 0.3) is 0 Å². The number of nitrogens with zero attached hydrogens (tertiary/aromatic N) is 5. The van der Waals surface area contributed by atoms with Crippen LogP contribution in [0.4, 0.5) is 16.0 Å². The average Bonchev–Trinajstić information content (AvgIpc) is 3.11. The predicted octanol–water partition coefficient (Wildman–Crippen LogP) is 4.61. The molecule has 3 aromatic rings. The summed E-state index contributed by atoms with van der Waals surface area (Å²) in [7, 11) is 0. The van der Waals surface area contributed by atoms with Gasteiger partial charge in [-0.15, -0.1) is 5.11 Å². The zero-order chi connectivity index (χ0) is 20.1. The third-order valence-electron chi connectivity index (χ3n) is 4.54. The first-order valence-corrected chi connectivity index (χ1v) is 9.17. The maximum atomic E-state index is 13.2. The Hall–Kier alpha value is -3.68. The minimum absolute atomic E-state index is 0.310. The van der Waals surface area contributed by atoms with E-state index in [0.29, 0.717) is 24.9 Å². The highest BCUT2D eigenvalue weighted by Gasteiger charge is 2.38. The van der Waals surface area contributed by atoms with E-state index >= 15 is 0 Å². The zero-order valence-corrected chi connectivity index (χ0v) is 15.8. The highest BCUT2D eigenvalue weighted by atomic mass is 19.1. The molecule has 0 aliphatic carbocycles. The quantitative estimate of drug-likeness (QED) is 0.666. The number of hydrogen-bond acceptors (Lipinski definition) is 7. The van der Waals surface area contributed by atoms with Crippen LogP contribution in [0.25, 0.3) is 0 Å². The van der Waals surface area contributed by atoms with Crippen LogP contribution in [-0.2, 0) is 16.7 Å². The van der Waals surface area contributed by atoms with Crippen molar-refractivity contribution in [3.63, 3.8) is 0 Å². The van der Waals surface area contributed by atoms with E-state index < -0.39 is 5.54 Å². The predicted molar refractivity (Wildman–Crippen MR) is 107 cm³/mol. The lowest BCUT2D eigenvalue weighted by Gasteiger charge is -2.21. The molecule has 8 heteroatoms. The Morgan fingerprint density at radius 3 is 2.62 bits per heavy atom. The molecular weight excluding hydrogens is 371 g/mol. The van der Waals surface area contributed by atoms with Gasteiger partial charge in [0.2, 0.25) is 11.8 Å². The average molecular weight is 390 g/mol. The van der Waals surface area contributed by atoms with Gasteiger partial charge in [-0.1, -0.05) is 35.4 Å². The summed E-state index contributed by atoms with van der Waals surface area (Å²) in [5, 5.41) is 15.1. The van der Waals surface area contributed by atoms with Crippen LogP contribution in [0.2, 0.25) is 0 Å². The third kappa shape index (κ3) is 4.26. The number of ether oxygens (including phenoxy) is 1. The summed E-state index contributed by atoms with van der Waals surface area (Å²) in [4.78, 5) is 8.75. The molecule has 1 aliphatic heterocycles. The summed E-state index contributed by atoms with van der Waals surface area (Å²) in [5.74, 6) is 0.587. The molecule has 2 aromatic carbocycles. The molecule has 4 rings (SSSR count). The van der Waals surface area contributed by atoms with Crippen LogP contribution < -0.4 is 5.32 Å². The molecule has 0 bridgehead atoms. The number of halogens is 1. The van der Waals surface area contributed by atoms with E-state index in [1.165, 1.54) is 12.1 Å². The van der Waals surface area contributed by atoms with Gasteiger partial charge in [0.05, 0.1) is 6.61 Å². The minimum atomic E-state index is -0.862. The molecule has 0 fully saturated rings. The molecule has 0 saturated heterocycles. The normalized spacial score (nSPS) is 17.8. The molecule has 146 valence electrons. The van der Waals surface area contributed by atoms with E-state index in [2.05, 4.69) is 30.7 Å². The van der Waals surface area contributed by atoms with Crippen LogP contribution in [0, 0.1) is 5.82 Å². The maximum absolute atomic E-state index is 13.2. The van der Waals surface area contributed by atoms with Gasteiger partial charge >= 0.3 is 0 Å². The molecular formula is C21H19FN6O. The first-order valence-electron chi connectivity index (χ1n) is 9.17. The number of para-hydroxylation sites is 1. The van der Waals surface area contributed by atoms with Crippen molar-refractivity contribution in [1.29, 1.82) is 0 Å². The number of benzene rings is 2. The SMILES string of the molecule is CC1(c2ccc(F)cc2)N=NN=C1OCCc1ccnc(Nc2ccccc2)n1. The van der Waals surface area contributed by atoms with Gasteiger partial charge in [0.15, 0.2) is 5.54 Å². The summed E-state index contributed by atoms with van der Waals surface area (Å²) in [6, 6.07) is 17.6. The molecule has 1 aliphatic rings. The van der Waals surface area contributed by atoms with Crippen LogP contribution in [-0.4, -0.2) is 22.5 Å². The van der Waals surface area contributed by atoms with E-state index in [0.717, 1.165) is 16.9 Å². The number of nitrogens with one attached hydrogen (secondary N) is 1. The number of anilines is 2. The van der Waals surface area contributed by atoms with Crippen molar-refractivity contribution in [2.75, 3.05) is 11.9 Å². The molecule has 0 saturated carbocycles. The van der Waals surface area contributed by atoms with E-state index in [1.54, 1.807) is 18.3 Å². The Morgan fingerprint density at radius 1 is 1.03 bits per heavy atom. The Labute approximate surface area is 167 Å². The molecule has 0 amide bonds. The third-order valence-corrected chi connectivity index (χ3v) is 4.54. The number of rotatable bonds is 6. The molecule has 7 nitrogen and oxygen atoms in total. The summed E-state index contributed by atoms with van der Waals surface area (Å²) < 4.78 is 19.1. The fraction of sp³-hybridized carbons (Fsp3) is 0.190. The fourth-order valence-corrected chi connectivity index (χ4v) is 2.92. The number of aromatic nitrogens is 2. The van der Waals surface area contributed by atoms with Crippen LogP contribution in [0.1, 0.15) is 18.2 Å². The Kier molecular flexibility index (Phi) is 5.24. The first kappa shape index (κ1) is 18.7. The molecule has 1 N–H and O–H groups in total. The van der Waals surface area contributed by atoms with Crippen molar-refractivity contribution in [1.82, 2.24) is 9.97 Å². The van der Waals surface area contributed by atoms with Gasteiger partial charge < -0.3 is 10.1 Å².